The molecule has 0 aromatic carbocycles. The van der Waals surface area contributed by atoms with Gasteiger partial charge in [-0.05, 0) is 44.4 Å². The molecule has 2 aliphatic rings. The molecule has 18 heavy (non-hydrogen) atoms. The van der Waals surface area contributed by atoms with Gasteiger partial charge in [0.2, 0.25) is 0 Å². The first-order chi connectivity index (χ1) is 8.65. The average Bonchev–Trinajstić information content (AvgIpc) is 3.17. The topological polar surface area (TPSA) is 41.5 Å². The maximum absolute atomic E-state index is 9.91. The first-order valence-electron chi connectivity index (χ1n) is 7.68. The smallest absolute Gasteiger partial charge is 0.0897 e. The lowest BCUT2D eigenvalue weighted by Gasteiger charge is -2.28. The van der Waals surface area contributed by atoms with E-state index in [-0.39, 0.29) is 6.10 Å². The van der Waals surface area contributed by atoms with Gasteiger partial charge in [0.05, 0.1) is 18.8 Å². The maximum atomic E-state index is 9.91. The quantitative estimate of drug-likeness (QED) is 0.733. The maximum Gasteiger partial charge on any atom is 0.0897 e. The van der Waals surface area contributed by atoms with Gasteiger partial charge in [0, 0.05) is 12.6 Å². The van der Waals surface area contributed by atoms with Crippen LogP contribution in [0.2, 0.25) is 0 Å². The van der Waals surface area contributed by atoms with Gasteiger partial charge in [0.15, 0.2) is 0 Å². The minimum Gasteiger partial charge on any atom is -0.389 e. The van der Waals surface area contributed by atoms with E-state index in [1.54, 1.807) is 0 Å². The molecule has 0 aliphatic heterocycles. The number of rotatable bonds is 7. The number of hydrogen-bond donors (Lipinski definition) is 2. The fourth-order valence-electron chi connectivity index (χ4n) is 2.92. The highest BCUT2D eigenvalue weighted by molar-refractivity contribution is 4.83. The van der Waals surface area contributed by atoms with Crippen molar-refractivity contribution in [2.45, 2.75) is 70.6 Å². The van der Waals surface area contributed by atoms with Crippen LogP contribution in [0.1, 0.15) is 52.4 Å². The third kappa shape index (κ3) is 4.87. The lowest BCUT2D eigenvalue weighted by atomic mass is 9.89. The average molecular weight is 255 g/mol. The van der Waals surface area contributed by atoms with Crippen molar-refractivity contribution in [3.63, 3.8) is 0 Å². The zero-order valence-electron chi connectivity index (χ0n) is 11.9. The Morgan fingerprint density at radius 2 is 2.06 bits per heavy atom. The molecule has 0 radical (unpaired) electrons. The van der Waals surface area contributed by atoms with Gasteiger partial charge in [-0.3, -0.25) is 0 Å². The van der Waals surface area contributed by atoms with Crippen LogP contribution in [0.25, 0.3) is 0 Å². The molecular formula is C15H29NO2. The Kier molecular flexibility index (Phi) is 5.46. The number of aliphatic hydroxyl groups excluding tert-OH is 1. The third-order valence-corrected chi connectivity index (χ3v) is 4.42. The normalized spacial score (nSPS) is 32.2. The highest BCUT2D eigenvalue weighted by Gasteiger charge is 2.28. The molecule has 4 unspecified atom stereocenters. The van der Waals surface area contributed by atoms with Gasteiger partial charge < -0.3 is 15.2 Å². The van der Waals surface area contributed by atoms with Crippen LogP contribution >= 0.6 is 0 Å². The van der Waals surface area contributed by atoms with Crippen molar-refractivity contribution in [3.05, 3.63) is 0 Å². The molecule has 0 heterocycles. The molecule has 2 rings (SSSR count). The van der Waals surface area contributed by atoms with Crippen molar-refractivity contribution in [1.82, 2.24) is 5.32 Å². The van der Waals surface area contributed by atoms with Crippen LogP contribution in [-0.2, 0) is 4.74 Å². The van der Waals surface area contributed by atoms with Crippen LogP contribution in [0.15, 0.2) is 0 Å². The van der Waals surface area contributed by atoms with Crippen LogP contribution in [0.5, 0.6) is 0 Å². The summed E-state index contributed by atoms with van der Waals surface area (Å²) >= 11 is 0. The highest BCUT2D eigenvalue weighted by Crippen LogP contribution is 2.32. The summed E-state index contributed by atoms with van der Waals surface area (Å²) in [6.07, 6.45) is 7.66. The summed E-state index contributed by atoms with van der Waals surface area (Å²) in [5.74, 6) is 1.63. The van der Waals surface area contributed by atoms with E-state index >= 15 is 0 Å². The van der Waals surface area contributed by atoms with Crippen LogP contribution in [0, 0.1) is 11.8 Å². The standard InChI is InChI=1S/C15H29NO2/c1-11-4-3-5-15(8-11)18-10-14(17)9-16-12(2)13-6-7-13/h11-17H,3-10H2,1-2H3. The van der Waals surface area contributed by atoms with Crippen LogP contribution < -0.4 is 5.32 Å². The number of nitrogens with one attached hydrogen (secondary N) is 1. The second kappa shape index (κ2) is 6.88. The van der Waals surface area contributed by atoms with Crippen molar-refractivity contribution in [2.75, 3.05) is 13.2 Å². The van der Waals surface area contributed by atoms with Crippen LogP contribution in [-0.4, -0.2) is 36.5 Å². The molecule has 0 aromatic rings. The zero-order valence-corrected chi connectivity index (χ0v) is 11.9. The van der Waals surface area contributed by atoms with Gasteiger partial charge in [-0.1, -0.05) is 19.8 Å². The first-order valence-corrected chi connectivity index (χ1v) is 7.68. The van der Waals surface area contributed by atoms with Crippen molar-refractivity contribution in [3.8, 4) is 0 Å². The molecule has 0 spiro atoms. The summed E-state index contributed by atoms with van der Waals surface area (Å²) in [5, 5.41) is 13.3. The van der Waals surface area contributed by atoms with E-state index in [9.17, 15) is 5.11 Å². The van der Waals surface area contributed by atoms with Crippen molar-refractivity contribution in [2.24, 2.45) is 11.8 Å². The predicted octanol–water partition coefficient (Wildman–Crippen LogP) is 2.33. The van der Waals surface area contributed by atoms with Gasteiger partial charge in [-0.25, -0.2) is 0 Å². The first kappa shape index (κ1) is 14.3. The van der Waals surface area contributed by atoms with E-state index in [0.29, 0.717) is 25.3 Å². The van der Waals surface area contributed by atoms with Gasteiger partial charge >= 0.3 is 0 Å². The summed E-state index contributed by atoms with van der Waals surface area (Å²) in [4.78, 5) is 0. The van der Waals surface area contributed by atoms with Gasteiger partial charge in [0.1, 0.15) is 0 Å². The molecule has 4 atom stereocenters. The summed E-state index contributed by atoms with van der Waals surface area (Å²) < 4.78 is 5.83. The Morgan fingerprint density at radius 1 is 1.28 bits per heavy atom. The molecule has 0 aromatic heterocycles. The minimum absolute atomic E-state index is 0.358. The highest BCUT2D eigenvalue weighted by atomic mass is 16.5. The van der Waals surface area contributed by atoms with Crippen molar-refractivity contribution < 1.29 is 9.84 Å². The Balaban J connectivity index is 1.54. The van der Waals surface area contributed by atoms with Crippen LogP contribution in [0.4, 0.5) is 0 Å². The Morgan fingerprint density at radius 3 is 2.72 bits per heavy atom. The van der Waals surface area contributed by atoms with E-state index in [0.717, 1.165) is 11.8 Å². The largest absolute Gasteiger partial charge is 0.389 e. The van der Waals surface area contributed by atoms with Gasteiger partial charge in [-0.15, -0.1) is 0 Å². The Bertz CT molecular complexity index is 243. The molecule has 2 N–H and O–H groups in total. The lowest BCUT2D eigenvalue weighted by molar-refractivity contribution is -0.0311. The van der Waals surface area contributed by atoms with Gasteiger partial charge in [0.25, 0.3) is 0 Å². The minimum atomic E-state index is -0.358. The summed E-state index contributed by atoms with van der Waals surface area (Å²) in [5.41, 5.74) is 0. The molecular weight excluding hydrogens is 226 g/mol. The SMILES string of the molecule is CC1CCCC(OCC(O)CNC(C)C2CC2)C1. The summed E-state index contributed by atoms with van der Waals surface area (Å²) in [6, 6.07) is 0.550. The predicted molar refractivity (Wildman–Crippen MR) is 73.6 cm³/mol. The molecule has 0 amide bonds. The number of aliphatic hydroxyl groups is 1. The van der Waals surface area contributed by atoms with E-state index in [2.05, 4.69) is 19.2 Å². The molecule has 0 saturated heterocycles. The summed E-state index contributed by atoms with van der Waals surface area (Å²) in [6.45, 7) is 5.67. The zero-order chi connectivity index (χ0) is 13.0. The third-order valence-electron chi connectivity index (χ3n) is 4.42. The van der Waals surface area contributed by atoms with Crippen molar-refractivity contribution >= 4 is 0 Å². The van der Waals surface area contributed by atoms with Gasteiger partial charge in [-0.2, -0.15) is 0 Å². The molecule has 0 bridgehead atoms. The molecule has 2 aliphatic carbocycles. The van der Waals surface area contributed by atoms with E-state index in [4.69, 9.17) is 4.74 Å². The second-order valence-corrected chi connectivity index (χ2v) is 6.42. The number of hydrogen-bond acceptors (Lipinski definition) is 3. The molecule has 2 saturated carbocycles. The lowest BCUT2D eigenvalue weighted by Crippen LogP contribution is -2.38. The van der Waals surface area contributed by atoms with E-state index in [1.807, 2.05) is 0 Å². The van der Waals surface area contributed by atoms with E-state index in [1.165, 1.54) is 38.5 Å². The fourth-order valence-corrected chi connectivity index (χ4v) is 2.92. The monoisotopic (exact) mass is 255 g/mol. The second-order valence-electron chi connectivity index (χ2n) is 6.42. The summed E-state index contributed by atoms with van der Waals surface area (Å²) in [7, 11) is 0. The molecule has 3 heteroatoms. The number of ether oxygens (including phenoxy) is 1. The molecule has 3 nitrogen and oxygen atoms in total. The van der Waals surface area contributed by atoms with Crippen molar-refractivity contribution in [1.29, 1.82) is 0 Å². The van der Waals surface area contributed by atoms with E-state index < -0.39 is 0 Å². The molecule has 2 fully saturated rings. The Labute approximate surface area is 111 Å². The molecule has 106 valence electrons. The fraction of sp³-hybridized carbons (Fsp3) is 1.00. The van der Waals surface area contributed by atoms with Crippen LogP contribution in [0.3, 0.4) is 0 Å². The Hall–Kier alpha value is -0.120.